The molecule has 2 aromatic carbocycles. The Morgan fingerprint density at radius 3 is 2.41 bits per heavy atom. The topological polar surface area (TPSA) is 69.2 Å². The minimum absolute atomic E-state index is 0.198. The Labute approximate surface area is 167 Å². The maximum Gasteiger partial charge on any atom is 0.250 e. The number of nitrogens with zero attached hydrogens (tertiary/aromatic N) is 1. The zero-order valence-corrected chi connectivity index (χ0v) is 16.9. The summed E-state index contributed by atoms with van der Waals surface area (Å²) >= 11 is 7.56. The van der Waals surface area contributed by atoms with Crippen LogP contribution in [-0.4, -0.2) is 39.2 Å². The van der Waals surface area contributed by atoms with Crippen LogP contribution in [0.15, 0.2) is 41.5 Å². The Kier molecular flexibility index (Phi) is 8.29. The summed E-state index contributed by atoms with van der Waals surface area (Å²) in [5.41, 5.74) is 4.20. The summed E-state index contributed by atoms with van der Waals surface area (Å²) in [6, 6.07) is 11.0. The standard InChI is InChI=1S/C19H21ClN2O4S/c1-24-16-8-13(9-17(25-2)19(16)26-3)10-21-22-18(23)12-27-11-14-6-4-5-7-15(14)20/h4-10H,11-12H2,1-3H3,(H,22,23)/b21-10-. The van der Waals surface area contributed by atoms with Crippen molar-refractivity contribution in [2.45, 2.75) is 5.75 Å². The molecule has 1 amide bonds. The first kappa shape index (κ1) is 20.9. The Bertz CT molecular complexity index is 789. The normalized spacial score (nSPS) is 10.7. The predicted octanol–water partition coefficient (Wildman–Crippen LogP) is 3.75. The molecular formula is C19H21ClN2O4S. The molecule has 2 aromatic rings. The first-order chi connectivity index (χ1) is 13.1. The fourth-order valence-corrected chi connectivity index (χ4v) is 3.36. The van der Waals surface area contributed by atoms with Crippen LogP contribution >= 0.6 is 23.4 Å². The summed E-state index contributed by atoms with van der Waals surface area (Å²) in [4.78, 5) is 11.9. The van der Waals surface area contributed by atoms with E-state index in [-0.39, 0.29) is 11.7 Å². The van der Waals surface area contributed by atoms with Crippen molar-refractivity contribution in [1.29, 1.82) is 0 Å². The summed E-state index contributed by atoms with van der Waals surface area (Å²) in [6.45, 7) is 0. The molecule has 0 spiro atoms. The number of hydrogen-bond acceptors (Lipinski definition) is 6. The summed E-state index contributed by atoms with van der Waals surface area (Å²) in [5, 5.41) is 4.68. The molecule has 0 aliphatic rings. The van der Waals surface area contributed by atoms with Gasteiger partial charge in [-0.3, -0.25) is 4.79 Å². The van der Waals surface area contributed by atoms with Gasteiger partial charge in [-0.05, 0) is 23.8 Å². The quantitative estimate of drug-likeness (QED) is 0.505. The molecule has 0 atom stereocenters. The number of rotatable bonds is 9. The maximum atomic E-state index is 11.9. The minimum Gasteiger partial charge on any atom is -0.493 e. The van der Waals surface area contributed by atoms with Gasteiger partial charge in [0.15, 0.2) is 11.5 Å². The predicted molar refractivity (Wildman–Crippen MR) is 109 cm³/mol. The number of amides is 1. The summed E-state index contributed by atoms with van der Waals surface area (Å²) in [6.07, 6.45) is 1.51. The third-order valence-corrected chi connectivity index (χ3v) is 4.89. The zero-order valence-electron chi connectivity index (χ0n) is 15.3. The Hall–Kier alpha value is -2.38. The van der Waals surface area contributed by atoms with Gasteiger partial charge in [-0.25, -0.2) is 5.43 Å². The molecule has 6 nitrogen and oxygen atoms in total. The number of benzene rings is 2. The molecule has 1 N–H and O–H groups in total. The Morgan fingerprint density at radius 2 is 1.81 bits per heavy atom. The number of carbonyl (C=O) groups is 1. The third kappa shape index (κ3) is 6.08. The summed E-state index contributed by atoms with van der Waals surface area (Å²) in [7, 11) is 4.61. The molecule has 8 heteroatoms. The summed E-state index contributed by atoms with van der Waals surface area (Å²) in [5.74, 6) is 2.26. The molecule has 2 rings (SSSR count). The van der Waals surface area contributed by atoms with Crippen LogP contribution in [0.5, 0.6) is 17.2 Å². The number of hydrazone groups is 1. The van der Waals surface area contributed by atoms with E-state index in [1.165, 1.54) is 39.3 Å². The van der Waals surface area contributed by atoms with E-state index in [1.807, 2.05) is 24.3 Å². The average molecular weight is 409 g/mol. The minimum atomic E-state index is -0.198. The van der Waals surface area contributed by atoms with Crippen LogP contribution in [-0.2, 0) is 10.5 Å². The molecular weight excluding hydrogens is 388 g/mol. The molecule has 144 valence electrons. The van der Waals surface area contributed by atoms with Crippen LogP contribution in [0.2, 0.25) is 5.02 Å². The molecule has 27 heavy (non-hydrogen) atoms. The van der Waals surface area contributed by atoms with Crippen molar-refractivity contribution in [3.8, 4) is 17.2 Å². The molecule has 0 aliphatic heterocycles. The molecule has 0 bridgehead atoms. The smallest absolute Gasteiger partial charge is 0.250 e. The van der Waals surface area contributed by atoms with Crippen molar-refractivity contribution in [1.82, 2.24) is 5.43 Å². The number of hydrogen-bond donors (Lipinski definition) is 1. The van der Waals surface area contributed by atoms with E-state index >= 15 is 0 Å². The highest BCUT2D eigenvalue weighted by molar-refractivity contribution is 7.99. The number of carbonyl (C=O) groups excluding carboxylic acids is 1. The van der Waals surface area contributed by atoms with Gasteiger partial charge in [0, 0.05) is 16.3 Å². The van der Waals surface area contributed by atoms with E-state index < -0.39 is 0 Å². The second-order valence-electron chi connectivity index (χ2n) is 5.34. The second kappa shape index (κ2) is 10.7. The number of ether oxygens (including phenoxy) is 3. The lowest BCUT2D eigenvalue weighted by Gasteiger charge is -2.12. The van der Waals surface area contributed by atoms with Crippen molar-refractivity contribution >= 4 is 35.5 Å². The van der Waals surface area contributed by atoms with E-state index in [2.05, 4.69) is 10.5 Å². The molecule has 0 saturated heterocycles. The van der Waals surface area contributed by atoms with E-state index in [0.29, 0.717) is 33.6 Å². The molecule has 0 aromatic heterocycles. The van der Waals surface area contributed by atoms with Gasteiger partial charge in [-0.2, -0.15) is 5.10 Å². The largest absolute Gasteiger partial charge is 0.493 e. The Morgan fingerprint density at radius 1 is 1.15 bits per heavy atom. The maximum absolute atomic E-state index is 11.9. The van der Waals surface area contributed by atoms with Gasteiger partial charge in [-0.15, -0.1) is 11.8 Å². The number of thioether (sulfide) groups is 1. The van der Waals surface area contributed by atoms with Gasteiger partial charge >= 0.3 is 0 Å². The Balaban J connectivity index is 1.89. The summed E-state index contributed by atoms with van der Waals surface area (Å²) < 4.78 is 15.8. The lowest BCUT2D eigenvalue weighted by atomic mass is 10.2. The molecule has 0 saturated carbocycles. The molecule has 0 fully saturated rings. The zero-order chi connectivity index (χ0) is 19.6. The van der Waals surface area contributed by atoms with E-state index in [9.17, 15) is 4.79 Å². The molecule has 0 unspecified atom stereocenters. The highest BCUT2D eigenvalue weighted by Crippen LogP contribution is 2.37. The van der Waals surface area contributed by atoms with Crippen LogP contribution in [0.25, 0.3) is 0 Å². The van der Waals surface area contributed by atoms with E-state index in [4.69, 9.17) is 25.8 Å². The fraction of sp³-hybridized carbons (Fsp3) is 0.263. The van der Waals surface area contributed by atoms with Gasteiger partial charge in [0.05, 0.1) is 33.3 Å². The molecule has 0 aliphatic carbocycles. The fourth-order valence-electron chi connectivity index (χ4n) is 2.26. The molecule has 0 radical (unpaired) electrons. The van der Waals surface area contributed by atoms with Crippen molar-refractivity contribution < 1.29 is 19.0 Å². The van der Waals surface area contributed by atoms with Crippen LogP contribution in [0.3, 0.4) is 0 Å². The van der Waals surface area contributed by atoms with Gasteiger partial charge in [0.1, 0.15) is 0 Å². The van der Waals surface area contributed by atoms with Crippen molar-refractivity contribution in [2.24, 2.45) is 5.10 Å². The lowest BCUT2D eigenvalue weighted by Crippen LogP contribution is -2.19. The SMILES string of the molecule is COc1cc(/C=N\NC(=O)CSCc2ccccc2Cl)cc(OC)c1OC. The second-order valence-corrected chi connectivity index (χ2v) is 6.73. The van der Waals surface area contributed by atoms with Crippen LogP contribution in [0, 0.1) is 0 Å². The van der Waals surface area contributed by atoms with E-state index in [1.54, 1.807) is 12.1 Å². The van der Waals surface area contributed by atoms with Crippen LogP contribution < -0.4 is 19.6 Å². The average Bonchev–Trinajstić information content (AvgIpc) is 2.68. The van der Waals surface area contributed by atoms with Crippen LogP contribution in [0.4, 0.5) is 0 Å². The monoisotopic (exact) mass is 408 g/mol. The first-order valence-corrected chi connectivity index (χ1v) is 9.55. The van der Waals surface area contributed by atoms with Crippen molar-refractivity contribution in [3.63, 3.8) is 0 Å². The van der Waals surface area contributed by atoms with Gasteiger partial charge in [-0.1, -0.05) is 29.8 Å². The van der Waals surface area contributed by atoms with Crippen LogP contribution in [0.1, 0.15) is 11.1 Å². The molecule has 0 heterocycles. The van der Waals surface area contributed by atoms with E-state index in [0.717, 1.165) is 5.56 Å². The first-order valence-electron chi connectivity index (χ1n) is 8.02. The number of methoxy groups -OCH3 is 3. The highest BCUT2D eigenvalue weighted by Gasteiger charge is 2.12. The number of halogens is 1. The van der Waals surface area contributed by atoms with Gasteiger partial charge < -0.3 is 14.2 Å². The van der Waals surface area contributed by atoms with Crippen molar-refractivity contribution in [2.75, 3.05) is 27.1 Å². The third-order valence-electron chi connectivity index (χ3n) is 3.54. The van der Waals surface area contributed by atoms with Crippen molar-refractivity contribution in [3.05, 3.63) is 52.5 Å². The number of nitrogens with one attached hydrogen (secondary N) is 1. The highest BCUT2D eigenvalue weighted by atomic mass is 35.5. The lowest BCUT2D eigenvalue weighted by molar-refractivity contribution is -0.118. The van der Waals surface area contributed by atoms with Gasteiger partial charge in [0.2, 0.25) is 11.7 Å². The van der Waals surface area contributed by atoms with Gasteiger partial charge in [0.25, 0.3) is 0 Å².